The first-order valence-corrected chi connectivity index (χ1v) is 10.6. The molecule has 1 heterocycles. The monoisotopic (exact) mass is 434 g/mol. The van der Waals surface area contributed by atoms with Crippen LogP contribution in [0.25, 0.3) is 6.08 Å². The number of rotatable bonds is 9. The van der Waals surface area contributed by atoms with Crippen LogP contribution >= 0.6 is 11.6 Å². The number of halogens is 1. The number of hydrogen-bond donors (Lipinski definition) is 1. The zero-order chi connectivity index (χ0) is 22.2. The molecule has 1 aromatic heterocycles. The van der Waals surface area contributed by atoms with E-state index in [-0.39, 0.29) is 12.5 Å². The van der Waals surface area contributed by atoms with Gasteiger partial charge in [0.15, 0.2) is 0 Å². The van der Waals surface area contributed by atoms with E-state index in [1.165, 1.54) is 0 Å². The fraction of sp³-hybridized carbons (Fsp3) is 0.231. The Bertz CT molecular complexity index is 1040. The van der Waals surface area contributed by atoms with Gasteiger partial charge in [-0.3, -0.25) is 0 Å². The third kappa shape index (κ3) is 5.81. The Kier molecular flexibility index (Phi) is 7.99. The van der Waals surface area contributed by atoms with Gasteiger partial charge in [-0.15, -0.1) is 0 Å². The second-order valence-electron chi connectivity index (χ2n) is 7.22. The van der Waals surface area contributed by atoms with E-state index in [1.54, 1.807) is 13.2 Å². The van der Waals surface area contributed by atoms with Gasteiger partial charge >= 0.3 is 0 Å². The highest BCUT2D eigenvalue weighted by atomic mass is 35.5. The van der Waals surface area contributed by atoms with Crippen molar-refractivity contribution in [1.82, 2.24) is 9.97 Å². The van der Waals surface area contributed by atoms with E-state index >= 15 is 0 Å². The lowest BCUT2D eigenvalue weighted by Gasteiger charge is -2.18. The van der Waals surface area contributed by atoms with Gasteiger partial charge in [0.1, 0.15) is 11.6 Å². The van der Waals surface area contributed by atoms with E-state index in [9.17, 15) is 5.11 Å². The van der Waals surface area contributed by atoms with E-state index in [4.69, 9.17) is 26.3 Å². The highest BCUT2D eigenvalue weighted by molar-refractivity contribution is 6.30. The van der Waals surface area contributed by atoms with Gasteiger partial charge in [-0.25, -0.2) is 9.97 Å². The summed E-state index contributed by atoms with van der Waals surface area (Å²) in [4.78, 5) is 9.64. The first-order valence-electron chi connectivity index (χ1n) is 10.3. The van der Waals surface area contributed by atoms with Gasteiger partial charge in [0.05, 0.1) is 19.4 Å². The van der Waals surface area contributed by atoms with E-state index in [1.807, 2.05) is 60.8 Å². The van der Waals surface area contributed by atoms with Crippen LogP contribution < -0.4 is 0 Å². The number of benzene rings is 2. The fourth-order valence-corrected chi connectivity index (χ4v) is 3.56. The van der Waals surface area contributed by atoms with Crippen molar-refractivity contribution in [2.75, 3.05) is 7.11 Å². The SMILES string of the molecule is C=C/C(=C\c1cnc(C(Cc2ccc(CO)cc2)c2ccc(Cl)cc2)nc1CC)OC. The number of aryl methyl sites for hydroxylation is 1. The number of aliphatic hydroxyl groups is 1. The standard InChI is InChI=1S/C26H27ClN2O2/c1-4-23(31-3)15-21-16-28-26(29-25(21)5-2)24(20-10-12-22(27)13-11-20)14-18-6-8-19(17-30)9-7-18/h4,6-13,15-16,24,30H,1,5,14,17H2,2-3H3/b23-15+. The van der Waals surface area contributed by atoms with Crippen LogP contribution in [0.5, 0.6) is 0 Å². The molecule has 3 aromatic rings. The minimum absolute atomic E-state index is 0.0260. The van der Waals surface area contributed by atoms with Gasteiger partial charge in [0.25, 0.3) is 0 Å². The first kappa shape index (κ1) is 22.7. The molecule has 1 N–H and O–H groups in total. The minimum Gasteiger partial charge on any atom is -0.497 e. The summed E-state index contributed by atoms with van der Waals surface area (Å²) in [6.07, 6.45) is 6.93. The summed E-state index contributed by atoms with van der Waals surface area (Å²) in [5, 5.41) is 10.0. The lowest BCUT2D eigenvalue weighted by Crippen LogP contribution is -2.12. The molecule has 0 saturated carbocycles. The Labute approximate surface area is 188 Å². The predicted molar refractivity (Wildman–Crippen MR) is 126 cm³/mol. The second kappa shape index (κ2) is 10.9. The summed E-state index contributed by atoms with van der Waals surface area (Å²) in [5.41, 5.74) is 5.02. The zero-order valence-electron chi connectivity index (χ0n) is 17.9. The third-order valence-electron chi connectivity index (χ3n) is 5.22. The topological polar surface area (TPSA) is 55.2 Å². The van der Waals surface area contributed by atoms with E-state index in [0.29, 0.717) is 10.8 Å². The van der Waals surface area contributed by atoms with Gasteiger partial charge in [0.2, 0.25) is 0 Å². The van der Waals surface area contributed by atoms with Crippen molar-refractivity contribution in [3.63, 3.8) is 0 Å². The molecular formula is C26H27ClN2O2. The van der Waals surface area contributed by atoms with E-state index in [0.717, 1.165) is 46.6 Å². The normalized spacial score (nSPS) is 12.5. The Balaban J connectivity index is 2.02. The smallest absolute Gasteiger partial charge is 0.136 e. The van der Waals surface area contributed by atoms with Crippen LogP contribution in [0.2, 0.25) is 5.02 Å². The number of aliphatic hydroxyl groups excluding tert-OH is 1. The molecule has 160 valence electrons. The number of hydrogen-bond acceptors (Lipinski definition) is 4. The molecule has 3 rings (SSSR count). The highest BCUT2D eigenvalue weighted by Crippen LogP contribution is 2.28. The average Bonchev–Trinajstić information content (AvgIpc) is 2.82. The number of ether oxygens (including phenoxy) is 1. The van der Waals surface area contributed by atoms with E-state index < -0.39 is 0 Å². The lowest BCUT2D eigenvalue weighted by molar-refractivity contribution is 0.282. The van der Waals surface area contributed by atoms with Crippen molar-refractivity contribution in [2.45, 2.75) is 32.3 Å². The molecule has 0 amide bonds. The lowest BCUT2D eigenvalue weighted by atomic mass is 9.90. The van der Waals surface area contributed by atoms with Gasteiger partial charge in [-0.2, -0.15) is 0 Å². The molecular weight excluding hydrogens is 408 g/mol. The van der Waals surface area contributed by atoms with Crippen molar-refractivity contribution >= 4 is 17.7 Å². The summed E-state index contributed by atoms with van der Waals surface area (Å²) in [6.45, 7) is 5.89. The fourth-order valence-electron chi connectivity index (χ4n) is 3.44. The number of methoxy groups -OCH3 is 1. The molecule has 2 aromatic carbocycles. The Hall–Kier alpha value is -2.95. The molecule has 1 unspecified atom stereocenters. The molecule has 0 saturated heterocycles. The van der Waals surface area contributed by atoms with E-state index in [2.05, 4.69) is 13.5 Å². The largest absolute Gasteiger partial charge is 0.497 e. The Morgan fingerprint density at radius 2 is 1.81 bits per heavy atom. The quantitative estimate of drug-likeness (QED) is 0.345. The van der Waals surface area contributed by atoms with Crippen molar-refractivity contribution in [3.8, 4) is 0 Å². The highest BCUT2D eigenvalue weighted by Gasteiger charge is 2.19. The van der Waals surface area contributed by atoms with Crippen LogP contribution in [0.1, 0.15) is 46.6 Å². The second-order valence-corrected chi connectivity index (χ2v) is 7.66. The summed E-state index contributed by atoms with van der Waals surface area (Å²) in [7, 11) is 1.62. The maximum atomic E-state index is 9.32. The molecule has 4 nitrogen and oxygen atoms in total. The molecule has 31 heavy (non-hydrogen) atoms. The van der Waals surface area contributed by atoms with Crippen molar-refractivity contribution < 1.29 is 9.84 Å². The van der Waals surface area contributed by atoms with Crippen LogP contribution in [-0.2, 0) is 24.2 Å². The summed E-state index contributed by atoms with van der Waals surface area (Å²) < 4.78 is 5.32. The molecule has 5 heteroatoms. The molecule has 0 spiro atoms. The zero-order valence-corrected chi connectivity index (χ0v) is 18.6. The van der Waals surface area contributed by atoms with Gasteiger partial charge in [0, 0.05) is 22.7 Å². The number of allylic oxidation sites excluding steroid dienone is 1. The molecule has 0 aliphatic heterocycles. The Morgan fingerprint density at radius 1 is 1.13 bits per heavy atom. The summed E-state index contributed by atoms with van der Waals surface area (Å²) in [5.74, 6) is 1.41. The molecule has 0 aliphatic carbocycles. The maximum Gasteiger partial charge on any atom is 0.136 e. The van der Waals surface area contributed by atoms with Crippen molar-refractivity contribution in [3.05, 3.63) is 112 Å². The van der Waals surface area contributed by atoms with Crippen molar-refractivity contribution in [2.24, 2.45) is 0 Å². The van der Waals surface area contributed by atoms with Crippen LogP contribution in [0, 0.1) is 0 Å². The summed E-state index contributed by atoms with van der Waals surface area (Å²) in [6, 6.07) is 15.8. The minimum atomic E-state index is -0.0260. The van der Waals surface area contributed by atoms with Crippen molar-refractivity contribution in [1.29, 1.82) is 0 Å². The molecule has 0 bridgehead atoms. The molecule has 0 fully saturated rings. The first-order chi connectivity index (χ1) is 15.1. The molecule has 0 radical (unpaired) electrons. The van der Waals surface area contributed by atoms with Gasteiger partial charge < -0.3 is 9.84 Å². The number of aromatic nitrogens is 2. The van der Waals surface area contributed by atoms with Crippen LogP contribution in [0.4, 0.5) is 0 Å². The molecule has 1 atom stereocenters. The van der Waals surface area contributed by atoms with Gasteiger partial charge in [-0.05, 0) is 53.8 Å². The molecule has 0 aliphatic rings. The maximum absolute atomic E-state index is 9.32. The number of nitrogens with zero attached hydrogens (tertiary/aromatic N) is 2. The average molecular weight is 435 g/mol. The summed E-state index contributed by atoms with van der Waals surface area (Å²) >= 11 is 6.12. The Morgan fingerprint density at radius 3 is 2.39 bits per heavy atom. The van der Waals surface area contributed by atoms with Gasteiger partial charge in [-0.1, -0.05) is 61.5 Å². The van der Waals surface area contributed by atoms with Crippen LogP contribution in [-0.4, -0.2) is 22.2 Å². The van der Waals surface area contributed by atoms with Crippen LogP contribution in [0.3, 0.4) is 0 Å². The predicted octanol–water partition coefficient (Wildman–Crippen LogP) is 5.73. The third-order valence-corrected chi connectivity index (χ3v) is 5.47. The van der Waals surface area contributed by atoms with Crippen LogP contribution in [0.15, 0.2) is 73.1 Å².